The van der Waals surface area contributed by atoms with Crippen LogP contribution in [0.2, 0.25) is 0 Å². The van der Waals surface area contributed by atoms with Gasteiger partial charge in [0.1, 0.15) is 0 Å². The molecule has 0 saturated heterocycles. The molecule has 5 heteroatoms. The van der Waals surface area contributed by atoms with E-state index in [2.05, 4.69) is 43.2 Å². The third kappa shape index (κ3) is 3.73. The molecule has 0 radical (unpaired) electrons. The van der Waals surface area contributed by atoms with Crippen LogP contribution in [0.15, 0.2) is 12.1 Å². The van der Waals surface area contributed by atoms with Crippen molar-refractivity contribution in [1.29, 1.82) is 0 Å². The zero-order valence-corrected chi connectivity index (χ0v) is 13.9. The minimum absolute atomic E-state index is 0.0705. The lowest BCUT2D eigenvalue weighted by atomic mass is 10.1. The Morgan fingerprint density at radius 3 is 2.71 bits per heavy atom. The molecule has 0 bridgehead atoms. The summed E-state index contributed by atoms with van der Waals surface area (Å²) in [5.41, 5.74) is 2.31. The number of hydrogen-bond donors (Lipinski definition) is 2. The van der Waals surface area contributed by atoms with Gasteiger partial charge in [-0.05, 0) is 30.4 Å². The van der Waals surface area contributed by atoms with Crippen LogP contribution in [-0.4, -0.2) is 16.1 Å². The highest BCUT2D eigenvalue weighted by Gasteiger charge is 2.15. The predicted octanol–water partition coefficient (Wildman–Crippen LogP) is 4.36. The molecule has 0 aliphatic rings. The summed E-state index contributed by atoms with van der Waals surface area (Å²) in [6, 6.07) is 3.91. The Balaban J connectivity index is 2.12. The lowest BCUT2D eigenvalue weighted by molar-refractivity contribution is 0.103. The van der Waals surface area contributed by atoms with Crippen molar-refractivity contribution in [2.24, 2.45) is 0 Å². The van der Waals surface area contributed by atoms with Crippen molar-refractivity contribution in [3.63, 3.8) is 0 Å². The SMILES string of the molecule is CCCc1sc(C(=O)Nc2cc(C(C)C)[nH]n2)cc1CC. The highest BCUT2D eigenvalue weighted by atomic mass is 32.1. The topological polar surface area (TPSA) is 57.8 Å². The Kier molecular flexibility index (Phi) is 5.17. The van der Waals surface area contributed by atoms with Gasteiger partial charge in [-0.25, -0.2) is 0 Å². The number of hydrogen-bond acceptors (Lipinski definition) is 3. The van der Waals surface area contributed by atoms with Crippen molar-refractivity contribution in [3.8, 4) is 0 Å². The monoisotopic (exact) mass is 305 g/mol. The number of nitrogens with zero attached hydrogens (tertiary/aromatic N) is 1. The summed E-state index contributed by atoms with van der Waals surface area (Å²) in [5, 5.41) is 9.95. The van der Waals surface area contributed by atoms with Gasteiger partial charge in [-0.15, -0.1) is 11.3 Å². The first-order chi connectivity index (χ1) is 10.0. The Bertz CT molecular complexity index is 613. The zero-order chi connectivity index (χ0) is 15.4. The van der Waals surface area contributed by atoms with Crippen LogP contribution in [0.25, 0.3) is 0 Å². The zero-order valence-electron chi connectivity index (χ0n) is 13.1. The van der Waals surface area contributed by atoms with Crippen molar-refractivity contribution in [2.75, 3.05) is 5.32 Å². The fourth-order valence-electron chi connectivity index (χ4n) is 2.19. The van der Waals surface area contributed by atoms with Gasteiger partial charge in [0.05, 0.1) is 4.88 Å². The Hall–Kier alpha value is -1.62. The number of aromatic amines is 1. The number of rotatable bonds is 6. The Morgan fingerprint density at radius 1 is 1.38 bits per heavy atom. The molecular formula is C16H23N3OS. The van der Waals surface area contributed by atoms with Gasteiger partial charge in [-0.2, -0.15) is 5.10 Å². The maximum Gasteiger partial charge on any atom is 0.266 e. The van der Waals surface area contributed by atoms with Crippen molar-refractivity contribution < 1.29 is 4.79 Å². The molecule has 2 aromatic heterocycles. The molecule has 2 rings (SSSR count). The highest BCUT2D eigenvalue weighted by molar-refractivity contribution is 7.14. The van der Waals surface area contributed by atoms with E-state index in [1.807, 2.05) is 12.1 Å². The van der Waals surface area contributed by atoms with Gasteiger partial charge < -0.3 is 5.32 Å². The number of carbonyl (C=O) groups is 1. The molecule has 0 unspecified atom stereocenters. The molecule has 0 atom stereocenters. The Morgan fingerprint density at radius 2 is 2.14 bits per heavy atom. The molecule has 0 spiro atoms. The number of aromatic nitrogens is 2. The number of amides is 1. The molecule has 2 aromatic rings. The van der Waals surface area contributed by atoms with E-state index in [0.29, 0.717) is 11.7 Å². The van der Waals surface area contributed by atoms with E-state index < -0.39 is 0 Å². The Labute approximate surface area is 130 Å². The standard InChI is InChI=1S/C16H23N3OS/c1-5-7-13-11(6-2)8-14(21-13)16(20)17-15-9-12(10(3)4)18-19-15/h8-10H,5-7H2,1-4H3,(H2,17,18,19,20). The molecule has 2 heterocycles. The fourth-order valence-corrected chi connectivity index (χ4v) is 3.44. The van der Waals surface area contributed by atoms with E-state index in [4.69, 9.17) is 0 Å². The van der Waals surface area contributed by atoms with E-state index >= 15 is 0 Å². The minimum Gasteiger partial charge on any atom is -0.304 e. The van der Waals surface area contributed by atoms with Crippen LogP contribution in [0.4, 0.5) is 5.82 Å². The lowest BCUT2D eigenvalue weighted by Crippen LogP contribution is -2.10. The van der Waals surface area contributed by atoms with Gasteiger partial charge in [0, 0.05) is 16.6 Å². The largest absolute Gasteiger partial charge is 0.304 e. The molecule has 0 aliphatic heterocycles. The smallest absolute Gasteiger partial charge is 0.266 e. The van der Waals surface area contributed by atoms with Gasteiger partial charge >= 0.3 is 0 Å². The van der Waals surface area contributed by atoms with Crippen LogP contribution in [-0.2, 0) is 12.8 Å². The second-order valence-corrected chi connectivity index (χ2v) is 6.62. The average molecular weight is 305 g/mol. The maximum absolute atomic E-state index is 12.3. The van der Waals surface area contributed by atoms with Crippen LogP contribution < -0.4 is 5.32 Å². The molecule has 0 saturated carbocycles. The number of nitrogens with one attached hydrogen (secondary N) is 2. The molecule has 0 aromatic carbocycles. The summed E-state index contributed by atoms with van der Waals surface area (Å²) in [6.07, 6.45) is 3.12. The first kappa shape index (κ1) is 15.8. The molecule has 0 fully saturated rings. The van der Waals surface area contributed by atoms with Gasteiger partial charge in [0.2, 0.25) is 0 Å². The number of thiophene rings is 1. The van der Waals surface area contributed by atoms with Crippen molar-refractivity contribution in [3.05, 3.63) is 33.1 Å². The first-order valence-corrected chi connectivity index (χ1v) is 8.35. The predicted molar refractivity (Wildman–Crippen MR) is 88.3 cm³/mol. The second kappa shape index (κ2) is 6.89. The summed E-state index contributed by atoms with van der Waals surface area (Å²) in [5.74, 6) is 0.888. The van der Waals surface area contributed by atoms with E-state index in [0.717, 1.165) is 29.8 Å². The molecule has 2 N–H and O–H groups in total. The van der Waals surface area contributed by atoms with Crippen molar-refractivity contribution in [1.82, 2.24) is 10.2 Å². The van der Waals surface area contributed by atoms with Crippen LogP contribution >= 0.6 is 11.3 Å². The maximum atomic E-state index is 12.3. The van der Waals surface area contributed by atoms with Crippen LogP contribution in [0, 0.1) is 0 Å². The van der Waals surface area contributed by atoms with E-state index in [-0.39, 0.29) is 5.91 Å². The summed E-state index contributed by atoms with van der Waals surface area (Å²) in [4.78, 5) is 14.4. The molecular weight excluding hydrogens is 282 g/mol. The third-order valence-corrected chi connectivity index (χ3v) is 4.68. The fraction of sp³-hybridized carbons (Fsp3) is 0.500. The molecule has 1 amide bonds. The summed E-state index contributed by atoms with van der Waals surface area (Å²) >= 11 is 1.60. The van der Waals surface area contributed by atoms with E-state index in [1.165, 1.54) is 10.4 Å². The van der Waals surface area contributed by atoms with Gasteiger partial charge in [0.15, 0.2) is 5.82 Å². The quantitative estimate of drug-likeness (QED) is 0.833. The van der Waals surface area contributed by atoms with Crippen LogP contribution in [0.3, 0.4) is 0 Å². The summed E-state index contributed by atoms with van der Waals surface area (Å²) in [6.45, 7) is 8.47. The van der Waals surface area contributed by atoms with Crippen molar-refractivity contribution in [2.45, 2.75) is 52.9 Å². The van der Waals surface area contributed by atoms with Gasteiger partial charge in [0.25, 0.3) is 5.91 Å². The minimum atomic E-state index is -0.0705. The van der Waals surface area contributed by atoms with Crippen LogP contribution in [0.5, 0.6) is 0 Å². The summed E-state index contributed by atoms with van der Waals surface area (Å²) < 4.78 is 0. The van der Waals surface area contributed by atoms with Crippen LogP contribution in [0.1, 0.15) is 65.8 Å². The number of carbonyl (C=O) groups excluding carboxylic acids is 1. The van der Waals surface area contributed by atoms with E-state index in [1.54, 1.807) is 11.3 Å². The molecule has 114 valence electrons. The van der Waals surface area contributed by atoms with Gasteiger partial charge in [-0.3, -0.25) is 9.89 Å². The average Bonchev–Trinajstić information content (AvgIpc) is 3.06. The third-order valence-electron chi connectivity index (χ3n) is 3.44. The number of H-pyrrole nitrogens is 1. The highest BCUT2D eigenvalue weighted by Crippen LogP contribution is 2.25. The first-order valence-electron chi connectivity index (χ1n) is 7.53. The van der Waals surface area contributed by atoms with Gasteiger partial charge in [-0.1, -0.05) is 34.1 Å². The lowest BCUT2D eigenvalue weighted by Gasteiger charge is -1.98. The summed E-state index contributed by atoms with van der Waals surface area (Å²) in [7, 11) is 0. The van der Waals surface area contributed by atoms with E-state index in [9.17, 15) is 4.79 Å². The molecule has 0 aliphatic carbocycles. The number of anilines is 1. The number of aryl methyl sites for hydroxylation is 2. The molecule has 21 heavy (non-hydrogen) atoms. The normalized spacial score (nSPS) is 11.1. The van der Waals surface area contributed by atoms with Crippen molar-refractivity contribution >= 4 is 23.1 Å². The molecule has 4 nitrogen and oxygen atoms in total. The second-order valence-electron chi connectivity index (χ2n) is 5.48.